The van der Waals surface area contributed by atoms with Crippen LogP contribution in [0.3, 0.4) is 0 Å². The van der Waals surface area contributed by atoms with Crippen LogP contribution in [0.2, 0.25) is 0 Å². The number of rotatable bonds is 16. The maximum absolute atomic E-state index is 13.6. The number of nitrogens with two attached hydrogens (primary N) is 1. The Balaban J connectivity index is 0.000000233. The molecule has 0 unspecified atom stereocenters. The number of oxime groups is 1. The number of thioether (sulfide) groups is 3. The van der Waals surface area contributed by atoms with Crippen LogP contribution in [0.1, 0.15) is 31.1 Å². The standard InChI is InChI=1S/C25H27N9O8S2.C16H17N5O7S2/c1-3-32-8-9-33(21(39)20(32)38)24(42)27-15(12-4-6-14(35)7-5-12)18(36)26-16-19(37)34-17(23(40)41)13(10-43-22(16)34)11-44-25-28-29-30-31(25)2;1-6(22)28-3-7-4-29-14-10(13(24)21(14)11(7)15(25)26)19-12(23)9(20-27-2)8-5-30-16(17)18-8/h4-7,15-16,22,35H,3,8-11H2,1-2H3,(H,26,36)(H,27,42)(H,40,41);5,10,14H,3-4H2,1-2H3,(H2,17,18)(H,19,23)(H,25,26)/b;20-9+/t15-,16-,22-;10-,14-/m11/s1. The van der Waals surface area contributed by atoms with Gasteiger partial charge >= 0.3 is 35.8 Å². The summed E-state index contributed by atoms with van der Waals surface area (Å²) in [5.41, 5.74) is 6.20. The number of phenols is 1. The molecule has 3 fully saturated rings. The molecule has 8 amide bonds. The van der Waals surface area contributed by atoms with E-state index in [1.165, 1.54) is 88.5 Å². The maximum Gasteiger partial charge on any atom is 0.352 e. The number of tetrazole rings is 1. The van der Waals surface area contributed by atoms with Gasteiger partial charge in [0.15, 0.2) is 10.8 Å². The second kappa shape index (κ2) is 23.0. The lowest BCUT2D eigenvalue weighted by molar-refractivity contribution is -0.153. The number of esters is 1. The molecule has 2 aromatic heterocycles. The molecule has 8 rings (SSSR count). The Bertz CT molecular complexity index is 2910. The van der Waals surface area contributed by atoms with E-state index in [0.717, 1.165) is 21.1 Å². The van der Waals surface area contributed by atoms with Crippen LogP contribution >= 0.6 is 46.6 Å². The van der Waals surface area contributed by atoms with E-state index >= 15 is 0 Å². The number of anilines is 1. The summed E-state index contributed by atoms with van der Waals surface area (Å²) in [6.45, 7) is 3.02. The molecule has 29 nitrogen and oxygen atoms in total. The Hall–Kier alpha value is -7.78. The number of hydrogen-bond acceptors (Lipinski definition) is 23. The lowest BCUT2D eigenvalue weighted by atomic mass is 10.0. The largest absolute Gasteiger partial charge is 0.508 e. The molecule has 0 saturated carbocycles. The van der Waals surface area contributed by atoms with Crippen LogP contribution in [-0.4, -0.2) is 199 Å². The van der Waals surface area contributed by atoms with Gasteiger partial charge in [-0.3, -0.25) is 48.3 Å². The van der Waals surface area contributed by atoms with Crippen molar-refractivity contribution in [1.29, 1.82) is 0 Å². The molecule has 0 aliphatic carbocycles. The highest BCUT2D eigenvalue weighted by atomic mass is 32.2. The van der Waals surface area contributed by atoms with E-state index in [4.69, 9.17) is 10.5 Å². The number of carboxylic acid groups (broad SMARTS) is 2. The Labute approximate surface area is 434 Å². The van der Waals surface area contributed by atoms with Crippen LogP contribution in [0.25, 0.3) is 0 Å². The van der Waals surface area contributed by atoms with E-state index in [-0.39, 0.29) is 76.2 Å². The Kier molecular flexibility index (Phi) is 16.8. The molecule has 0 spiro atoms. The van der Waals surface area contributed by atoms with E-state index in [0.29, 0.717) is 27.7 Å². The van der Waals surface area contributed by atoms with E-state index in [2.05, 4.69) is 46.5 Å². The third-order valence-electron chi connectivity index (χ3n) is 11.3. The number of urea groups is 1. The summed E-state index contributed by atoms with van der Waals surface area (Å²) in [6, 6.07) is 0.873. The molecule has 7 heterocycles. The first-order valence-electron chi connectivity index (χ1n) is 21.7. The van der Waals surface area contributed by atoms with Crippen molar-refractivity contribution in [3.63, 3.8) is 0 Å². The minimum Gasteiger partial charge on any atom is -0.508 e. The molecule has 33 heteroatoms. The average Bonchev–Trinajstić information content (AvgIpc) is 4.01. The van der Waals surface area contributed by atoms with Crippen molar-refractivity contribution in [3.05, 3.63) is 63.4 Å². The third kappa shape index (κ3) is 11.2. The normalized spacial score (nSPS) is 20.8. The predicted octanol–water partition coefficient (Wildman–Crippen LogP) is -1.73. The number of nitrogens with zero attached hydrogens (tertiary/aromatic N) is 10. The van der Waals surface area contributed by atoms with Crippen molar-refractivity contribution in [2.45, 2.75) is 47.9 Å². The Morgan fingerprint density at radius 3 is 2.09 bits per heavy atom. The fourth-order valence-electron chi connectivity index (χ4n) is 7.75. The highest BCUT2D eigenvalue weighted by molar-refractivity contribution is 8.01. The van der Waals surface area contributed by atoms with Crippen LogP contribution < -0.4 is 21.7 Å². The number of imide groups is 1. The maximum atomic E-state index is 13.6. The number of likely N-dealkylation sites (N-methyl/N-ethyl adjacent to an activating group) is 1. The number of nitrogen functional groups attached to an aromatic ring is 1. The summed E-state index contributed by atoms with van der Waals surface area (Å²) < 4.78 is 6.32. The van der Waals surface area contributed by atoms with Gasteiger partial charge in [-0.1, -0.05) is 29.1 Å². The number of amides is 8. The zero-order valence-electron chi connectivity index (χ0n) is 39.1. The van der Waals surface area contributed by atoms with Crippen LogP contribution in [0.4, 0.5) is 9.93 Å². The third-order valence-corrected chi connectivity index (χ3v) is 15.8. The number of benzene rings is 1. The summed E-state index contributed by atoms with van der Waals surface area (Å²) in [5.74, 6) is -7.24. The molecule has 5 aliphatic heterocycles. The molecular formula is C41H44N14O15S4. The molecule has 1 aromatic carbocycles. The Morgan fingerprint density at radius 2 is 1.54 bits per heavy atom. The van der Waals surface area contributed by atoms with Crippen LogP contribution in [0.5, 0.6) is 5.75 Å². The second-order valence-corrected chi connectivity index (χ2v) is 20.0. The summed E-state index contributed by atoms with van der Waals surface area (Å²) in [7, 11) is 2.90. The number of ether oxygens (including phenoxy) is 1. The Morgan fingerprint density at radius 1 is 0.919 bits per heavy atom. The minimum absolute atomic E-state index is 0.0823. The number of hydrogen-bond donors (Lipinski definition) is 7. The first-order valence-corrected chi connectivity index (χ1v) is 25.6. The number of thiazole rings is 1. The topological polar surface area (TPSA) is 394 Å². The number of nitrogens with one attached hydrogen (secondary N) is 3. The van der Waals surface area contributed by atoms with Crippen LogP contribution in [0.15, 0.2) is 62.5 Å². The fraction of sp³-hybridized carbons (Fsp3) is 0.390. The van der Waals surface area contributed by atoms with E-state index in [9.17, 15) is 63.3 Å². The molecule has 3 aromatic rings. The summed E-state index contributed by atoms with van der Waals surface area (Å²) in [5, 5.41) is 52.5. The van der Waals surface area contributed by atoms with Crippen LogP contribution in [0, 0.1) is 0 Å². The van der Waals surface area contributed by atoms with Gasteiger partial charge in [-0.25, -0.2) is 24.0 Å². The number of carbonyl (C=O) groups excluding carboxylic acids is 8. The molecule has 0 radical (unpaired) electrons. The number of aromatic nitrogens is 5. The number of piperazine rings is 1. The zero-order valence-corrected chi connectivity index (χ0v) is 42.4. The number of aryl methyl sites for hydroxylation is 1. The van der Waals surface area contributed by atoms with Crippen molar-refractivity contribution >= 4 is 117 Å². The van der Waals surface area contributed by atoms with Gasteiger partial charge in [0.1, 0.15) is 65.4 Å². The lowest BCUT2D eigenvalue weighted by Crippen LogP contribution is -2.71. The molecule has 5 atom stereocenters. The van der Waals surface area contributed by atoms with Crippen molar-refractivity contribution in [1.82, 2.24) is 60.7 Å². The summed E-state index contributed by atoms with van der Waals surface area (Å²) >= 11 is 4.84. The molecule has 5 aliphatic rings. The molecule has 0 bridgehead atoms. The smallest absolute Gasteiger partial charge is 0.352 e. The van der Waals surface area contributed by atoms with E-state index < -0.39 is 88.3 Å². The summed E-state index contributed by atoms with van der Waals surface area (Å²) in [4.78, 5) is 138. The molecule has 8 N–H and O–H groups in total. The van der Waals surface area contributed by atoms with Crippen molar-refractivity contribution in [3.8, 4) is 5.75 Å². The van der Waals surface area contributed by atoms with Gasteiger partial charge in [0.2, 0.25) is 11.1 Å². The van der Waals surface area contributed by atoms with Gasteiger partial charge < -0.3 is 51.5 Å². The van der Waals surface area contributed by atoms with Gasteiger partial charge in [0.05, 0.1) is 0 Å². The number of β-lactam (4-membered cyclic amide) rings is 2. The number of carbonyl (C=O) groups is 10. The van der Waals surface area contributed by atoms with Gasteiger partial charge in [-0.05, 0) is 40.6 Å². The van der Waals surface area contributed by atoms with Crippen molar-refractivity contribution in [2.75, 3.05) is 56.3 Å². The van der Waals surface area contributed by atoms with Crippen molar-refractivity contribution in [2.24, 2.45) is 12.2 Å². The van der Waals surface area contributed by atoms with E-state index in [1.807, 2.05) is 0 Å². The van der Waals surface area contributed by atoms with Crippen molar-refractivity contribution < 1.29 is 72.8 Å². The first-order chi connectivity index (χ1) is 35.2. The fourth-order valence-corrected chi connectivity index (χ4v) is 12.0. The molecule has 3 saturated heterocycles. The van der Waals surface area contributed by atoms with Gasteiger partial charge in [-0.15, -0.1) is 40.0 Å². The molecule has 392 valence electrons. The van der Waals surface area contributed by atoms with E-state index in [1.54, 1.807) is 14.0 Å². The molecular weight excluding hydrogens is 1060 g/mol. The van der Waals surface area contributed by atoms with Gasteiger partial charge in [0.25, 0.3) is 17.7 Å². The number of aliphatic carboxylic acids is 2. The average molecular weight is 1100 g/mol. The summed E-state index contributed by atoms with van der Waals surface area (Å²) in [6.07, 6.45) is 0. The quantitative estimate of drug-likeness (QED) is 0.0209. The highest BCUT2D eigenvalue weighted by Gasteiger charge is 2.56. The number of phenolic OH excluding ortho intramolecular Hbond substituents is 1. The number of carboxylic acids is 2. The SMILES string of the molecule is CCN1CCN(C(=O)N[C@@H](C(=O)N[C@@H]2C(=O)N3C(C(=O)O)=C(CSc4nnnn4C)CS[C@H]23)c2ccc(O)cc2)C(=O)C1=O.CO/N=C(/C(=O)N[C@@H]1C(=O)N2C(C(=O)O)=C(COC(C)=O)CS[C@H]12)c1csc(N)n1. The predicted molar refractivity (Wildman–Crippen MR) is 259 cm³/mol. The number of aromatic hydroxyl groups is 1. The zero-order chi connectivity index (χ0) is 53.7. The number of fused-ring (bicyclic) bond motifs is 2. The molecule has 74 heavy (non-hydrogen) atoms. The first kappa shape index (κ1) is 54.0. The van der Waals surface area contributed by atoms with Gasteiger partial charge in [0, 0.05) is 61.8 Å². The monoisotopic (exact) mass is 1100 g/mol. The van der Waals surface area contributed by atoms with Gasteiger partial charge in [-0.2, -0.15) is 0 Å². The minimum atomic E-state index is -1.42. The highest BCUT2D eigenvalue weighted by Crippen LogP contribution is 2.42. The van der Waals surface area contributed by atoms with Crippen LogP contribution in [-0.2, 0) is 59.8 Å². The second-order valence-electron chi connectivity index (χ2n) is 15.9. The lowest BCUT2D eigenvalue weighted by Gasteiger charge is -2.49.